The third kappa shape index (κ3) is 3.71. The lowest BCUT2D eigenvalue weighted by molar-refractivity contribution is 0.398. The van der Waals surface area contributed by atoms with E-state index in [9.17, 15) is 4.39 Å². The number of nitrogens with zero attached hydrogens (tertiary/aromatic N) is 6. The second-order valence-corrected chi connectivity index (χ2v) is 5.40. The van der Waals surface area contributed by atoms with E-state index in [2.05, 4.69) is 25.4 Å². The largest absolute Gasteiger partial charge is 0.481 e. The first-order valence-electron chi connectivity index (χ1n) is 7.91. The normalized spacial score (nSPS) is 10.6. The Morgan fingerprint density at radius 3 is 2.78 bits per heavy atom. The zero-order chi connectivity index (χ0) is 18.6. The summed E-state index contributed by atoms with van der Waals surface area (Å²) >= 11 is 0. The molecule has 27 heavy (non-hydrogen) atoms. The third-order valence-corrected chi connectivity index (χ3v) is 3.53. The van der Waals surface area contributed by atoms with Gasteiger partial charge in [-0.05, 0) is 23.4 Å². The SMILES string of the molecule is COc1cccc(-c2nnn(-c3cc(F)cc(Oc4cccnc4)c3)n2)n1. The van der Waals surface area contributed by atoms with Crippen molar-refractivity contribution in [2.45, 2.75) is 0 Å². The highest BCUT2D eigenvalue weighted by Crippen LogP contribution is 2.24. The quantitative estimate of drug-likeness (QED) is 0.538. The molecule has 0 saturated heterocycles. The molecule has 8 nitrogen and oxygen atoms in total. The second-order valence-electron chi connectivity index (χ2n) is 5.40. The number of pyridine rings is 2. The van der Waals surface area contributed by atoms with Crippen molar-refractivity contribution in [1.82, 2.24) is 30.2 Å². The molecule has 0 unspecified atom stereocenters. The average Bonchev–Trinajstić information content (AvgIpc) is 3.19. The molecular weight excluding hydrogens is 351 g/mol. The maximum absolute atomic E-state index is 14.0. The van der Waals surface area contributed by atoms with Crippen LogP contribution in [0.3, 0.4) is 0 Å². The van der Waals surface area contributed by atoms with E-state index in [1.165, 1.54) is 30.2 Å². The number of methoxy groups -OCH3 is 1. The van der Waals surface area contributed by atoms with Crippen LogP contribution >= 0.6 is 0 Å². The zero-order valence-electron chi connectivity index (χ0n) is 14.2. The molecule has 0 bridgehead atoms. The molecule has 0 radical (unpaired) electrons. The van der Waals surface area contributed by atoms with Gasteiger partial charge in [0.15, 0.2) is 0 Å². The van der Waals surface area contributed by atoms with Gasteiger partial charge < -0.3 is 9.47 Å². The van der Waals surface area contributed by atoms with E-state index in [0.29, 0.717) is 23.0 Å². The topological polar surface area (TPSA) is 87.8 Å². The maximum atomic E-state index is 14.0. The standard InChI is InChI=1S/C18H13FN6O2/c1-26-17-6-2-5-16(21-17)18-22-24-25(23-18)13-8-12(19)9-15(10-13)27-14-4-3-7-20-11-14/h2-11H,1H3. The molecule has 0 aliphatic heterocycles. The van der Waals surface area contributed by atoms with E-state index < -0.39 is 5.82 Å². The third-order valence-electron chi connectivity index (χ3n) is 3.53. The lowest BCUT2D eigenvalue weighted by Gasteiger charge is -2.07. The first kappa shape index (κ1) is 16.6. The van der Waals surface area contributed by atoms with E-state index in [1.807, 2.05) is 0 Å². The fourth-order valence-electron chi connectivity index (χ4n) is 2.35. The summed E-state index contributed by atoms with van der Waals surface area (Å²) in [5, 5.41) is 12.2. The number of hydrogen-bond donors (Lipinski definition) is 0. The molecule has 0 saturated carbocycles. The van der Waals surface area contributed by atoms with E-state index in [1.54, 1.807) is 42.6 Å². The number of ether oxygens (including phenoxy) is 2. The Morgan fingerprint density at radius 1 is 1.04 bits per heavy atom. The number of benzene rings is 1. The maximum Gasteiger partial charge on any atom is 0.223 e. The Labute approximate surface area is 153 Å². The molecule has 0 aliphatic rings. The molecule has 0 fully saturated rings. The van der Waals surface area contributed by atoms with Gasteiger partial charge in [-0.2, -0.15) is 0 Å². The number of hydrogen-bond acceptors (Lipinski definition) is 7. The molecule has 4 rings (SSSR count). The summed E-state index contributed by atoms with van der Waals surface area (Å²) in [5.41, 5.74) is 0.847. The van der Waals surface area contributed by atoms with E-state index >= 15 is 0 Å². The van der Waals surface area contributed by atoms with Gasteiger partial charge in [0.05, 0.1) is 19.0 Å². The highest BCUT2D eigenvalue weighted by atomic mass is 19.1. The van der Waals surface area contributed by atoms with Crippen LogP contribution in [0.1, 0.15) is 0 Å². The van der Waals surface area contributed by atoms with Crippen LogP contribution in [0.2, 0.25) is 0 Å². The summed E-state index contributed by atoms with van der Waals surface area (Å²) in [5.74, 6) is 0.998. The van der Waals surface area contributed by atoms with Gasteiger partial charge in [-0.1, -0.05) is 6.07 Å². The highest BCUT2D eigenvalue weighted by Gasteiger charge is 2.12. The van der Waals surface area contributed by atoms with Crippen LogP contribution < -0.4 is 9.47 Å². The van der Waals surface area contributed by atoms with E-state index in [4.69, 9.17) is 9.47 Å². The molecule has 3 heterocycles. The molecule has 3 aromatic heterocycles. The van der Waals surface area contributed by atoms with Crippen LogP contribution in [-0.4, -0.2) is 37.3 Å². The summed E-state index contributed by atoms with van der Waals surface area (Å²) in [6, 6.07) is 12.8. The summed E-state index contributed by atoms with van der Waals surface area (Å²) in [7, 11) is 1.52. The van der Waals surface area contributed by atoms with Gasteiger partial charge in [0.2, 0.25) is 11.7 Å². The van der Waals surface area contributed by atoms with Crippen molar-refractivity contribution < 1.29 is 13.9 Å². The summed E-state index contributed by atoms with van der Waals surface area (Å²) < 4.78 is 24.7. The van der Waals surface area contributed by atoms with Crippen molar-refractivity contribution in [1.29, 1.82) is 0 Å². The first-order valence-corrected chi connectivity index (χ1v) is 7.91. The molecule has 0 amide bonds. The van der Waals surface area contributed by atoms with Crippen LogP contribution in [0.4, 0.5) is 4.39 Å². The van der Waals surface area contributed by atoms with Crippen molar-refractivity contribution in [2.24, 2.45) is 0 Å². The van der Waals surface area contributed by atoms with Crippen molar-refractivity contribution in [3.05, 3.63) is 66.7 Å². The Bertz CT molecular complexity index is 1070. The van der Waals surface area contributed by atoms with Crippen LogP contribution in [0.25, 0.3) is 17.2 Å². The zero-order valence-corrected chi connectivity index (χ0v) is 14.2. The van der Waals surface area contributed by atoms with Crippen molar-refractivity contribution in [3.8, 4) is 34.6 Å². The van der Waals surface area contributed by atoms with Gasteiger partial charge in [0, 0.05) is 30.5 Å². The Morgan fingerprint density at radius 2 is 1.96 bits per heavy atom. The molecule has 1 aromatic carbocycles. The molecule has 9 heteroatoms. The minimum atomic E-state index is -0.496. The van der Waals surface area contributed by atoms with Crippen LogP contribution in [-0.2, 0) is 0 Å². The summed E-state index contributed by atoms with van der Waals surface area (Å²) in [6.07, 6.45) is 3.15. The second kappa shape index (κ2) is 7.16. The van der Waals surface area contributed by atoms with Gasteiger partial charge in [0.1, 0.15) is 23.0 Å². The van der Waals surface area contributed by atoms with E-state index in [-0.39, 0.29) is 11.6 Å². The van der Waals surface area contributed by atoms with Crippen LogP contribution in [0.15, 0.2) is 60.9 Å². The molecule has 0 aliphatic carbocycles. The molecule has 134 valence electrons. The van der Waals surface area contributed by atoms with Gasteiger partial charge in [-0.15, -0.1) is 15.0 Å². The number of halogens is 1. The number of rotatable bonds is 5. The Kier molecular flexibility index (Phi) is 4.40. The first-order chi connectivity index (χ1) is 13.2. The van der Waals surface area contributed by atoms with Gasteiger partial charge in [-0.25, -0.2) is 9.37 Å². The minimum Gasteiger partial charge on any atom is -0.481 e. The lowest BCUT2D eigenvalue weighted by Crippen LogP contribution is -2.00. The number of tetrazole rings is 1. The fraction of sp³-hybridized carbons (Fsp3) is 0.0556. The van der Waals surface area contributed by atoms with Crippen LogP contribution in [0.5, 0.6) is 17.4 Å². The Balaban J connectivity index is 1.65. The smallest absolute Gasteiger partial charge is 0.223 e. The predicted octanol–water partition coefficient (Wildman–Crippen LogP) is 3.06. The lowest BCUT2D eigenvalue weighted by atomic mass is 10.3. The monoisotopic (exact) mass is 364 g/mol. The van der Waals surface area contributed by atoms with Crippen molar-refractivity contribution in [3.63, 3.8) is 0 Å². The van der Waals surface area contributed by atoms with E-state index in [0.717, 1.165) is 0 Å². The number of aromatic nitrogens is 6. The van der Waals surface area contributed by atoms with Gasteiger partial charge in [-0.3, -0.25) is 4.98 Å². The minimum absolute atomic E-state index is 0.285. The van der Waals surface area contributed by atoms with Crippen molar-refractivity contribution >= 4 is 0 Å². The molecule has 0 atom stereocenters. The molecular formula is C18H13FN6O2. The fourth-order valence-corrected chi connectivity index (χ4v) is 2.35. The predicted molar refractivity (Wildman–Crippen MR) is 93.2 cm³/mol. The Hall–Kier alpha value is -3.88. The molecule has 0 N–H and O–H groups in total. The highest BCUT2D eigenvalue weighted by molar-refractivity contribution is 5.49. The van der Waals surface area contributed by atoms with Crippen LogP contribution in [0, 0.1) is 5.82 Å². The van der Waals surface area contributed by atoms with Gasteiger partial charge in [0.25, 0.3) is 0 Å². The molecule has 4 aromatic rings. The average molecular weight is 364 g/mol. The molecule has 0 spiro atoms. The van der Waals surface area contributed by atoms with Crippen molar-refractivity contribution in [2.75, 3.05) is 7.11 Å². The summed E-state index contributed by atoms with van der Waals surface area (Å²) in [4.78, 5) is 9.42. The van der Waals surface area contributed by atoms with Gasteiger partial charge >= 0.3 is 0 Å². The summed E-state index contributed by atoms with van der Waals surface area (Å²) in [6.45, 7) is 0.